The predicted octanol–water partition coefficient (Wildman–Crippen LogP) is 2.52. The zero-order valence-electron chi connectivity index (χ0n) is 5.87. The van der Waals surface area contributed by atoms with Gasteiger partial charge in [0.15, 0.2) is 0 Å². The number of rotatable bonds is 1. The van der Waals surface area contributed by atoms with Crippen molar-refractivity contribution in [3.63, 3.8) is 0 Å². The summed E-state index contributed by atoms with van der Waals surface area (Å²) < 4.78 is 0. The first-order valence-electron chi connectivity index (χ1n) is 3.43. The summed E-state index contributed by atoms with van der Waals surface area (Å²) in [6.07, 6.45) is 0. The highest BCUT2D eigenvalue weighted by molar-refractivity contribution is 7.79. The summed E-state index contributed by atoms with van der Waals surface area (Å²) in [4.78, 5) is 3.19. The van der Waals surface area contributed by atoms with Gasteiger partial charge in [-0.1, -0.05) is 30.4 Å². The van der Waals surface area contributed by atoms with E-state index >= 15 is 0 Å². The Morgan fingerprint density at radius 1 is 1.27 bits per heavy atom. The average Bonchev–Trinajstić information content (AvgIpc) is 2.46. The van der Waals surface area contributed by atoms with E-state index in [2.05, 4.69) is 11.1 Å². The molecule has 11 heavy (non-hydrogen) atoms. The summed E-state index contributed by atoms with van der Waals surface area (Å²) in [5.74, 6) is 0. The maximum absolute atomic E-state index is 4.80. The third-order valence-corrected chi connectivity index (χ3v) is 1.93. The molecule has 0 atom stereocenters. The smallest absolute Gasteiger partial charge is 0.0500 e. The quantitative estimate of drug-likeness (QED) is 0.635. The van der Waals surface area contributed by atoms with Crippen molar-refractivity contribution in [2.24, 2.45) is 0 Å². The summed E-state index contributed by atoms with van der Waals surface area (Å²) in [6, 6.07) is 10.2. The van der Waals surface area contributed by atoms with Crippen LogP contribution >= 0.6 is 12.2 Å². The molecule has 2 rings (SSSR count). The molecule has 2 aromatic rings. The van der Waals surface area contributed by atoms with Crippen LogP contribution in [-0.2, 0) is 0 Å². The monoisotopic (exact) mass is 161 g/mol. The molecular formula is C9H7NS. The molecule has 0 aliphatic carbocycles. The molecule has 0 saturated heterocycles. The van der Waals surface area contributed by atoms with Gasteiger partial charge < -0.3 is 4.98 Å². The number of H-pyrrole nitrogens is 1. The van der Waals surface area contributed by atoms with Gasteiger partial charge in [0.2, 0.25) is 0 Å². The number of nitrogens with one attached hydrogen (secondary N) is 1. The fraction of sp³-hybridized carbons (Fsp3) is 0. The van der Waals surface area contributed by atoms with E-state index in [1.165, 1.54) is 5.39 Å². The summed E-state index contributed by atoms with van der Waals surface area (Å²) in [5.41, 5.74) is 2.14. The summed E-state index contributed by atoms with van der Waals surface area (Å²) in [5, 5.41) is 2.86. The Morgan fingerprint density at radius 2 is 2.09 bits per heavy atom. The normalized spacial score (nSPS) is 10.2. The molecule has 0 spiro atoms. The van der Waals surface area contributed by atoms with Crippen molar-refractivity contribution >= 4 is 28.5 Å². The number of para-hydroxylation sites is 1. The lowest BCUT2D eigenvalue weighted by atomic mass is 10.2. The van der Waals surface area contributed by atoms with Crippen LogP contribution in [0.1, 0.15) is 5.69 Å². The van der Waals surface area contributed by atoms with Gasteiger partial charge in [-0.15, -0.1) is 0 Å². The topological polar surface area (TPSA) is 15.8 Å². The number of benzene rings is 1. The predicted molar refractivity (Wildman–Crippen MR) is 51.1 cm³/mol. The maximum Gasteiger partial charge on any atom is 0.0500 e. The van der Waals surface area contributed by atoms with Crippen molar-refractivity contribution in [3.05, 3.63) is 36.0 Å². The Balaban J connectivity index is 2.78. The second-order valence-electron chi connectivity index (χ2n) is 2.43. The number of fused-ring (bicyclic) bond motifs is 1. The van der Waals surface area contributed by atoms with Crippen LogP contribution < -0.4 is 0 Å². The summed E-state index contributed by atoms with van der Waals surface area (Å²) >= 11 is 4.80. The molecule has 0 fully saturated rings. The van der Waals surface area contributed by atoms with Crippen molar-refractivity contribution < 1.29 is 0 Å². The Kier molecular flexibility index (Phi) is 1.47. The molecule has 1 nitrogen and oxygen atoms in total. The van der Waals surface area contributed by atoms with E-state index in [-0.39, 0.29) is 0 Å². The van der Waals surface area contributed by atoms with Gasteiger partial charge in [-0.2, -0.15) is 0 Å². The zero-order valence-corrected chi connectivity index (χ0v) is 6.69. The highest BCUT2D eigenvalue weighted by Gasteiger charge is 1.94. The van der Waals surface area contributed by atoms with E-state index in [0.29, 0.717) is 0 Å². The second kappa shape index (κ2) is 2.47. The molecule has 1 aromatic carbocycles. The molecular weight excluding hydrogens is 154 g/mol. The number of thiocarbonyl (C=S) groups is 1. The third kappa shape index (κ3) is 1.05. The van der Waals surface area contributed by atoms with Gasteiger partial charge in [-0.05, 0) is 12.1 Å². The van der Waals surface area contributed by atoms with Crippen molar-refractivity contribution in [1.29, 1.82) is 0 Å². The molecule has 1 heterocycles. The summed E-state index contributed by atoms with van der Waals surface area (Å²) in [6.45, 7) is 0. The standard InChI is InChI=1S/C9H7NS/c11-6-8-5-7-3-1-2-4-9(7)10-8/h1-6,10H. The van der Waals surface area contributed by atoms with Crippen LogP contribution in [0.2, 0.25) is 0 Å². The van der Waals surface area contributed by atoms with Crippen LogP contribution in [-0.4, -0.2) is 10.4 Å². The van der Waals surface area contributed by atoms with Crippen LogP contribution in [0.3, 0.4) is 0 Å². The second-order valence-corrected chi connectivity index (χ2v) is 2.67. The first kappa shape index (κ1) is 6.55. The lowest BCUT2D eigenvalue weighted by Gasteiger charge is -1.83. The van der Waals surface area contributed by atoms with E-state index in [4.69, 9.17) is 12.2 Å². The van der Waals surface area contributed by atoms with Gasteiger partial charge in [0.05, 0.1) is 0 Å². The number of hydrogen-bond donors (Lipinski definition) is 1. The van der Waals surface area contributed by atoms with Crippen LogP contribution in [0.5, 0.6) is 0 Å². The largest absolute Gasteiger partial charge is 0.354 e. The summed E-state index contributed by atoms with van der Waals surface area (Å²) in [7, 11) is 0. The molecule has 0 unspecified atom stereocenters. The van der Waals surface area contributed by atoms with E-state index < -0.39 is 0 Å². The fourth-order valence-corrected chi connectivity index (χ4v) is 1.29. The van der Waals surface area contributed by atoms with E-state index in [9.17, 15) is 0 Å². The van der Waals surface area contributed by atoms with Gasteiger partial charge in [-0.3, -0.25) is 0 Å². The van der Waals surface area contributed by atoms with E-state index in [0.717, 1.165) is 11.2 Å². The molecule has 1 aromatic heterocycles. The highest BCUT2D eigenvalue weighted by atomic mass is 32.1. The molecule has 0 aliphatic heterocycles. The lowest BCUT2D eigenvalue weighted by molar-refractivity contribution is 1.45. The van der Waals surface area contributed by atoms with Gasteiger partial charge >= 0.3 is 0 Å². The number of aromatic amines is 1. The van der Waals surface area contributed by atoms with Crippen LogP contribution in [0.4, 0.5) is 0 Å². The number of aromatic nitrogens is 1. The average molecular weight is 161 g/mol. The molecule has 0 bridgehead atoms. The van der Waals surface area contributed by atoms with Crippen molar-refractivity contribution in [1.82, 2.24) is 4.98 Å². The minimum Gasteiger partial charge on any atom is -0.354 e. The Labute approximate surface area is 70.0 Å². The molecule has 0 radical (unpaired) electrons. The molecule has 2 heteroatoms. The van der Waals surface area contributed by atoms with Crippen molar-refractivity contribution in [2.45, 2.75) is 0 Å². The Bertz CT molecular complexity index is 356. The SMILES string of the molecule is S=Cc1cc2ccccc2[nH]1. The molecule has 1 N–H and O–H groups in total. The van der Waals surface area contributed by atoms with Gasteiger partial charge in [0, 0.05) is 22.0 Å². The molecule has 54 valence electrons. The van der Waals surface area contributed by atoms with Crippen LogP contribution in [0.15, 0.2) is 30.3 Å². The minimum atomic E-state index is 1.00. The van der Waals surface area contributed by atoms with Crippen LogP contribution in [0, 0.1) is 0 Å². The van der Waals surface area contributed by atoms with Gasteiger partial charge in [0.25, 0.3) is 0 Å². The zero-order chi connectivity index (χ0) is 7.68. The first-order valence-corrected chi connectivity index (χ1v) is 3.90. The van der Waals surface area contributed by atoms with E-state index in [1.807, 2.05) is 24.3 Å². The highest BCUT2D eigenvalue weighted by Crippen LogP contribution is 2.12. The molecule has 0 amide bonds. The Morgan fingerprint density at radius 3 is 2.82 bits per heavy atom. The van der Waals surface area contributed by atoms with Gasteiger partial charge in [-0.25, -0.2) is 0 Å². The van der Waals surface area contributed by atoms with Crippen molar-refractivity contribution in [2.75, 3.05) is 0 Å². The lowest BCUT2D eigenvalue weighted by Crippen LogP contribution is -1.72. The minimum absolute atomic E-state index is 1.00. The van der Waals surface area contributed by atoms with Crippen molar-refractivity contribution in [3.8, 4) is 0 Å². The van der Waals surface area contributed by atoms with Crippen LogP contribution in [0.25, 0.3) is 10.9 Å². The maximum atomic E-state index is 4.80. The Hall–Kier alpha value is -1.15. The van der Waals surface area contributed by atoms with Gasteiger partial charge in [0.1, 0.15) is 0 Å². The fourth-order valence-electron chi connectivity index (χ4n) is 1.16. The molecule has 0 saturated carbocycles. The number of hydrogen-bond acceptors (Lipinski definition) is 1. The third-order valence-electron chi connectivity index (χ3n) is 1.68. The molecule has 0 aliphatic rings. The van der Waals surface area contributed by atoms with E-state index in [1.54, 1.807) is 5.37 Å². The first-order chi connectivity index (χ1) is 5.40.